The number of aldehydes is 2. The smallest absolute Gasteiger partial charge is 0.311 e. The molecule has 172 valence electrons. The summed E-state index contributed by atoms with van der Waals surface area (Å²) >= 11 is 0. The van der Waals surface area contributed by atoms with Crippen molar-refractivity contribution in [1.82, 2.24) is 0 Å². The van der Waals surface area contributed by atoms with E-state index in [1.807, 2.05) is 30.3 Å². The van der Waals surface area contributed by atoms with Crippen LogP contribution in [0.4, 0.5) is 0 Å². The number of carbonyl (C=O) groups is 4. The zero-order valence-electron chi connectivity index (χ0n) is 19.3. The van der Waals surface area contributed by atoms with E-state index in [1.165, 1.54) is 0 Å². The number of hydrogen-bond donors (Lipinski definition) is 0. The second-order valence-corrected chi connectivity index (χ2v) is 9.55. The molecule has 0 aromatic heterocycles. The largest absolute Gasteiger partial charge is 0.454 e. The van der Waals surface area contributed by atoms with Crippen LogP contribution >= 0.6 is 0 Å². The predicted octanol–water partition coefficient (Wildman–Crippen LogP) is 3.67. The van der Waals surface area contributed by atoms with Crippen molar-refractivity contribution in [3.05, 3.63) is 35.9 Å². The third-order valence-electron chi connectivity index (χ3n) is 4.36. The molecular formula is C24H34O7. The Morgan fingerprint density at radius 1 is 0.806 bits per heavy atom. The summed E-state index contributed by atoms with van der Waals surface area (Å²) in [6.07, 6.45) is -1.59. The van der Waals surface area contributed by atoms with Crippen molar-refractivity contribution in [3.63, 3.8) is 0 Å². The lowest BCUT2D eigenvalue weighted by Crippen LogP contribution is -2.35. The van der Waals surface area contributed by atoms with E-state index in [0.717, 1.165) is 5.56 Å². The van der Waals surface area contributed by atoms with E-state index in [1.54, 1.807) is 41.5 Å². The molecule has 0 saturated carbocycles. The fourth-order valence-electron chi connectivity index (χ4n) is 2.43. The molecule has 0 aliphatic carbocycles. The third kappa shape index (κ3) is 9.87. The minimum Gasteiger partial charge on any atom is -0.454 e. The van der Waals surface area contributed by atoms with E-state index in [0.29, 0.717) is 12.6 Å². The molecule has 0 aliphatic rings. The van der Waals surface area contributed by atoms with Gasteiger partial charge in [0.2, 0.25) is 0 Å². The zero-order valence-corrected chi connectivity index (χ0v) is 19.3. The highest BCUT2D eigenvalue weighted by Crippen LogP contribution is 2.22. The van der Waals surface area contributed by atoms with E-state index >= 15 is 0 Å². The molecule has 0 bridgehead atoms. The Bertz CT molecular complexity index is 687. The molecule has 0 heterocycles. The van der Waals surface area contributed by atoms with Gasteiger partial charge in [0.15, 0.2) is 24.8 Å². The molecule has 0 spiro atoms. The van der Waals surface area contributed by atoms with Gasteiger partial charge in [0.05, 0.1) is 23.5 Å². The molecule has 1 aromatic carbocycles. The molecule has 1 aromatic rings. The quantitative estimate of drug-likeness (QED) is 0.387. The van der Waals surface area contributed by atoms with E-state index in [4.69, 9.17) is 14.2 Å². The highest BCUT2D eigenvalue weighted by molar-refractivity contribution is 5.78. The summed E-state index contributed by atoms with van der Waals surface area (Å²) in [6, 6.07) is 9.37. The van der Waals surface area contributed by atoms with Crippen LogP contribution < -0.4 is 0 Å². The van der Waals surface area contributed by atoms with Gasteiger partial charge in [-0.3, -0.25) is 19.2 Å². The Balaban J connectivity index is 2.92. The van der Waals surface area contributed by atoms with Crippen LogP contribution in [0.5, 0.6) is 0 Å². The molecule has 1 unspecified atom stereocenters. The van der Waals surface area contributed by atoms with Crippen molar-refractivity contribution in [1.29, 1.82) is 0 Å². The molecular weight excluding hydrogens is 400 g/mol. The Kier molecular flexibility index (Phi) is 10.0. The normalized spacial score (nSPS) is 14.8. The number of hydrogen-bond acceptors (Lipinski definition) is 7. The van der Waals surface area contributed by atoms with E-state index in [2.05, 4.69) is 0 Å². The number of ether oxygens (including phenoxy) is 3. The van der Waals surface area contributed by atoms with Crippen LogP contribution in [0.2, 0.25) is 0 Å². The van der Waals surface area contributed by atoms with E-state index in [-0.39, 0.29) is 19.4 Å². The van der Waals surface area contributed by atoms with Gasteiger partial charge in [0, 0.05) is 12.8 Å². The van der Waals surface area contributed by atoms with Crippen LogP contribution in [0.15, 0.2) is 30.3 Å². The SMILES string of the molecule is CC(C)(C)C(=O)O[C@H](C=O)CC(C[C@H](C=O)OC(=O)C(C)(C)C)OCc1ccccc1. The van der Waals surface area contributed by atoms with Gasteiger partial charge in [-0.2, -0.15) is 0 Å². The van der Waals surface area contributed by atoms with Gasteiger partial charge >= 0.3 is 11.9 Å². The lowest BCUT2D eigenvalue weighted by Gasteiger charge is -2.26. The average molecular weight is 435 g/mol. The van der Waals surface area contributed by atoms with Gasteiger partial charge in [-0.25, -0.2) is 0 Å². The predicted molar refractivity (Wildman–Crippen MR) is 115 cm³/mol. The molecule has 0 fully saturated rings. The lowest BCUT2D eigenvalue weighted by molar-refractivity contribution is -0.165. The summed E-state index contributed by atoms with van der Waals surface area (Å²) in [5.41, 5.74) is -0.638. The maximum absolute atomic E-state index is 12.2. The van der Waals surface area contributed by atoms with Gasteiger partial charge in [0.1, 0.15) is 0 Å². The van der Waals surface area contributed by atoms with Gasteiger partial charge in [-0.1, -0.05) is 30.3 Å². The molecule has 1 rings (SSSR count). The monoisotopic (exact) mass is 434 g/mol. The zero-order chi connectivity index (χ0) is 23.7. The van der Waals surface area contributed by atoms with Crippen LogP contribution in [0.25, 0.3) is 0 Å². The van der Waals surface area contributed by atoms with E-state index in [9.17, 15) is 19.2 Å². The fraction of sp³-hybridized carbons (Fsp3) is 0.583. The molecule has 0 radical (unpaired) electrons. The molecule has 0 amide bonds. The van der Waals surface area contributed by atoms with Gasteiger partial charge in [-0.05, 0) is 47.1 Å². The van der Waals surface area contributed by atoms with Crippen molar-refractivity contribution in [2.45, 2.75) is 79.3 Å². The molecule has 0 N–H and O–H groups in total. The number of rotatable bonds is 11. The van der Waals surface area contributed by atoms with Crippen molar-refractivity contribution in [2.75, 3.05) is 0 Å². The first-order valence-electron chi connectivity index (χ1n) is 10.3. The Morgan fingerprint density at radius 2 is 1.23 bits per heavy atom. The molecule has 7 heteroatoms. The van der Waals surface area contributed by atoms with Crippen LogP contribution in [0.3, 0.4) is 0 Å². The van der Waals surface area contributed by atoms with Crippen molar-refractivity contribution in [3.8, 4) is 0 Å². The molecule has 7 nitrogen and oxygen atoms in total. The Morgan fingerprint density at radius 3 is 1.58 bits per heavy atom. The molecule has 0 saturated heterocycles. The van der Waals surface area contributed by atoms with Gasteiger partial charge < -0.3 is 14.2 Å². The molecule has 3 atom stereocenters. The van der Waals surface area contributed by atoms with Crippen LogP contribution in [0, 0.1) is 10.8 Å². The molecule has 31 heavy (non-hydrogen) atoms. The summed E-state index contributed by atoms with van der Waals surface area (Å²) in [7, 11) is 0. The third-order valence-corrected chi connectivity index (χ3v) is 4.36. The second-order valence-electron chi connectivity index (χ2n) is 9.55. The molecule has 0 aliphatic heterocycles. The van der Waals surface area contributed by atoms with Gasteiger partial charge in [0.25, 0.3) is 0 Å². The second kappa shape index (κ2) is 11.7. The van der Waals surface area contributed by atoms with Gasteiger partial charge in [-0.15, -0.1) is 0 Å². The van der Waals surface area contributed by atoms with Crippen LogP contribution in [-0.2, 0) is 40.0 Å². The number of benzene rings is 1. The van der Waals surface area contributed by atoms with Crippen LogP contribution in [0.1, 0.15) is 59.9 Å². The first kappa shape index (κ1) is 26.5. The fourth-order valence-corrected chi connectivity index (χ4v) is 2.43. The summed E-state index contributed by atoms with van der Waals surface area (Å²) < 4.78 is 16.6. The number of carbonyl (C=O) groups excluding carboxylic acids is 4. The minimum atomic E-state index is -1.04. The number of esters is 2. The maximum atomic E-state index is 12.2. The van der Waals surface area contributed by atoms with Crippen molar-refractivity contribution in [2.24, 2.45) is 10.8 Å². The summed E-state index contributed by atoms with van der Waals surface area (Å²) in [5.74, 6) is -1.03. The van der Waals surface area contributed by atoms with Crippen molar-refractivity contribution >= 4 is 24.5 Å². The first-order valence-corrected chi connectivity index (χ1v) is 10.3. The topological polar surface area (TPSA) is 96.0 Å². The van der Waals surface area contributed by atoms with E-state index < -0.39 is 41.1 Å². The van der Waals surface area contributed by atoms with Crippen LogP contribution in [-0.4, -0.2) is 42.8 Å². The Labute approximate surface area is 184 Å². The maximum Gasteiger partial charge on any atom is 0.311 e. The summed E-state index contributed by atoms with van der Waals surface area (Å²) in [4.78, 5) is 47.5. The summed E-state index contributed by atoms with van der Waals surface area (Å²) in [6.45, 7) is 10.4. The minimum absolute atomic E-state index is 0.0373. The highest BCUT2D eigenvalue weighted by Gasteiger charge is 2.31. The average Bonchev–Trinajstić information content (AvgIpc) is 2.69. The lowest BCUT2D eigenvalue weighted by atomic mass is 9.97. The van der Waals surface area contributed by atoms with Crippen molar-refractivity contribution < 1.29 is 33.4 Å². The first-order chi connectivity index (χ1) is 14.4. The standard InChI is InChI=1S/C24H34O7/c1-23(2,3)21(27)30-19(14-25)12-18(29-16-17-10-8-7-9-11-17)13-20(15-26)31-22(28)24(4,5)6/h7-11,14-15,18-20H,12-13,16H2,1-6H3/t18?,19-,20+. The Hall–Kier alpha value is -2.54. The summed E-state index contributed by atoms with van der Waals surface area (Å²) in [5, 5.41) is 0. The highest BCUT2D eigenvalue weighted by atomic mass is 16.6.